The van der Waals surface area contributed by atoms with Crippen LogP contribution >= 0.6 is 0 Å². The molecule has 0 saturated heterocycles. The fourth-order valence-electron chi connectivity index (χ4n) is 2.93. The monoisotopic (exact) mass is 470 g/mol. The van der Waals surface area contributed by atoms with Gasteiger partial charge in [-0.2, -0.15) is 5.10 Å². The van der Waals surface area contributed by atoms with Crippen LogP contribution in [0.5, 0.6) is 17.2 Å². The van der Waals surface area contributed by atoms with Crippen LogP contribution in [0.1, 0.15) is 16.2 Å². The maximum absolute atomic E-state index is 11.2. The number of ether oxygens (including phenoxy) is 2. The van der Waals surface area contributed by atoms with Gasteiger partial charge in [0.2, 0.25) is 5.91 Å². The predicted molar refractivity (Wildman–Crippen MR) is 121 cm³/mol. The molecule has 180 valence electrons. The van der Waals surface area contributed by atoms with Gasteiger partial charge in [0, 0.05) is 18.7 Å². The number of aliphatic hydroxyl groups is 1. The summed E-state index contributed by atoms with van der Waals surface area (Å²) in [7, 11) is 0. The number of aromatic hydroxyl groups is 1. The van der Waals surface area contributed by atoms with Crippen LogP contribution in [0.4, 0.5) is 0 Å². The molecule has 0 aliphatic rings. The smallest absolute Gasteiger partial charge is 0.252 e. The first-order valence-electron chi connectivity index (χ1n) is 10.4. The molecule has 3 rings (SSSR count). The zero-order valence-electron chi connectivity index (χ0n) is 18.2. The lowest BCUT2D eigenvalue weighted by Crippen LogP contribution is -2.33. The van der Waals surface area contributed by atoms with Crippen molar-refractivity contribution in [3.8, 4) is 28.6 Å². The van der Waals surface area contributed by atoms with Crippen molar-refractivity contribution in [2.75, 3.05) is 26.3 Å². The maximum Gasteiger partial charge on any atom is 0.252 e. The number of aliphatic hydroxyl groups excluding tert-OH is 1. The van der Waals surface area contributed by atoms with Gasteiger partial charge in [-0.15, -0.1) is 0 Å². The summed E-state index contributed by atoms with van der Waals surface area (Å²) in [5, 5.41) is 29.4. The van der Waals surface area contributed by atoms with Gasteiger partial charge < -0.3 is 36.5 Å². The minimum absolute atomic E-state index is 0.0143. The standard InChI is InChI=1S/C22H26N6O6/c23-19(31)10-20-26-22(28-27-20)13-1-3-15(4-2-13)34-12-14(29)11-25-7-8-33-16-5-6-18(30)17(9-16)21(24)32/h1-6,9,14,25,29-30H,7-8,10-12H2,(H2,23,31)(H2,24,32)(H,26,27,28). The quantitative estimate of drug-likeness (QED) is 0.182. The molecular formula is C22H26N6O6. The minimum atomic E-state index is -0.751. The van der Waals surface area contributed by atoms with Gasteiger partial charge in [-0.3, -0.25) is 14.7 Å². The number of aromatic nitrogens is 3. The molecule has 1 unspecified atom stereocenters. The van der Waals surface area contributed by atoms with Crippen molar-refractivity contribution >= 4 is 11.8 Å². The Morgan fingerprint density at radius 1 is 1.09 bits per heavy atom. The molecule has 0 aliphatic heterocycles. The first-order chi connectivity index (χ1) is 16.3. The molecule has 0 radical (unpaired) electrons. The van der Waals surface area contributed by atoms with Gasteiger partial charge in [0.15, 0.2) is 5.82 Å². The van der Waals surface area contributed by atoms with Crippen molar-refractivity contribution in [1.82, 2.24) is 20.5 Å². The normalized spacial score (nSPS) is 11.7. The van der Waals surface area contributed by atoms with E-state index in [1.807, 2.05) is 0 Å². The Balaban J connectivity index is 1.35. The summed E-state index contributed by atoms with van der Waals surface area (Å²) >= 11 is 0. The molecule has 0 saturated carbocycles. The fourth-order valence-corrected chi connectivity index (χ4v) is 2.93. The number of rotatable bonds is 13. The molecule has 3 aromatic rings. The number of carbonyl (C=O) groups is 2. The SMILES string of the molecule is NC(=O)Cc1nc(-c2ccc(OCC(O)CNCCOc3ccc(O)c(C(N)=O)c3)cc2)n[nH]1. The molecule has 1 atom stereocenters. The molecule has 2 amide bonds. The highest BCUT2D eigenvalue weighted by Crippen LogP contribution is 2.22. The molecular weight excluding hydrogens is 444 g/mol. The minimum Gasteiger partial charge on any atom is -0.507 e. The second-order valence-electron chi connectivity index (χ2n) is 7.33. The third-order valence-corrected chi connectivity index (χ3v) is 4.59. The fraction of sp³-hybridized carbons (Fsp3) is 0.273. The summed E-state index contributed by atoms with van der Waals surface area (Å²) in [4.78, 5) is 26.4. The summed E-state index contributed by atoms with van der Waals surface area (Å²) in [6.45, 7) is 1.08. The third-order valence-electron chi connectivity index (χ3n) is 4.59. The van der Waals surface area contributed by atoms with E-state index in [1.165, 1.54) is 18.2 Å². The average molecular weight is 470 g/mol. The Labute approximate surface area is 194 Å². The predicted octanol–water partition coefficient (Wildman–Crippen LogP) is -0.288. The summed E-state index contributed by atoms with van der Waals surface area (Å²) in [5.41, 5.74) is 11.0. The van der Waals surface area contributed by atoms with Crippen LogP contribution in [-0.2, 0) is 11.2 Å². The lowest BCUT2D eigenvalue weighted by Gasteiger charge is -2.14. The van der Waals surface area contributed by atoms with Crippen LogP contribution in [0.2, 0.25) is 0 Å². The highest BCUT2D eigenvalue weighted by Gasteiger charge is 2.10. The molecule has 8 N–H and O–H groups in total. The van der Waals surface area contributed by atoms with Crippen LogP contribution in [-0.4, -0.2) is 69.6 Å². The summed E-state index contributed by atoms with van der Waals surface area (Å²) in [6, 6.07) is 11.2. The molecule has 0 aliphatic carbocycles. The number of hydrogen-bond acceptors (Lipinski definition) is 9. The number of nitrogens with two attached hydrogens (primary N) is 2. The van der Waals surface area contributed by atoms with E-state index < -0.39 is 17.9 Å². The number of nitrogens with zero attached hydrogens (tertiary/aromatic N) is 2. The van der Waals surface area contributed by atoms with Gasteiger partial charge in [0.05, 0.1) is 12.0 Å². The van der Waals surface area contributed by atoms with E-state index in [1.54, 1.807) is 24.3 Å². The summed E-state index contributed by atoms with van der Waals surface area (Å²) in [5.74, 6) is 0.346. The van der Waals surface area contributed by atoms with E-state index in [9.17, 15) is 19.8 Å². The highest BCUT2D eigenvalue weighted by molar-refractivity contribution is 5.95. The number of phenols is 1. The van der Waals surface area contributed by atoms with Crippen molar-refractivity contribution in [2.24, 2.45) is 11.5 Å². The van der Waals surface area contributed by atoms with E-state index in [2.05, 4.69) is 20.5 Å². The first kappa shape index (κ1) is 24.5. The largest absolute Gasteiger partial charge is 0.507 e. The highest BCUT2D eigenvalue weighted by atomic mass is 16.5. The molecule has 12 heteroatoms. The molecule has 2 aromatic carbocycles. The Morgan fingerprint density at radius 2 is 1.82 bits per heavy atom. The van der Waals surface area contributed by atoms with Gasteiger partial charge in [-0.05, 0) is 42.5 Å². The molecule has 0 spiro atoms. The van der Waals surface area contributed by atoms with Crippen LogP contribution in [0.15, 0.2) is 42.5 Å². The lowest BCUT2D eigenvalue weighted by molar-refractivity contribution is -0.117. The number of hydrogen-bond donors (Lipinski definition) is 6. The van der Waals surface area contributed by atoms with Crippen molar-refractivity contribution in [3.05, 3.63) is 53.9 Å². The van der Waals surface area contributed by atoms with E-state index in [0.717, 1.165) is 5.56 Å². The van der Waals surface area contributed by atoms with Crippen molar-refractivity contribution < 1.29 is 29.3 Å². The number of amides is 2. The number of H-pyrrole nitrogens is 1. The van der Waals surface area contributed by atoms with E-state index >= 15 is 0 Å². The maximum atomic E-state index is 11.2. The van der Waals surface area contributed by atoms with Crippen molar-refractivity contribution in [3.63, 3.8) is 0 Å². The molecule has 1 heterocycles. The molecule has 1 aromatic heterocycles. The van der Waals surface area contributed by atoms with Crippen LogP contribution in [0, 0.1) is 0 Å². The van der Waals surface area contributed by atoms with Crippen LogP contribution in [0.25, 0.3) is 11.4 Å². The zero-order valence-corrected chi connectivity index (χ0v) is 18.2. The molecule has 0 fully saturated rings. The van der Waals surface area contributed by atoms with Gasteiger partial charge in [-0.25, -0.2) is 4.98 Å². The average Bonchev–Trinajstić information content (AvgIpc) is 3.26. The zero-order chi connectivity index (χ0) is 24.5. The van der Waals surface area contributed by atoms with Gasteiger partial charge in [0.1, 0.15) is 42.4 Å². The number of benzene rings is 2. The number of aromatic amines is 1. The van der Waals surface area contributed by atoms with Crippen molar-refractivity contribution in [1.29, 1.82) is 0 Å². The second-order valence-corrected chi connectivity index (χ2v) is 7.33. The Kier molecular flexibility index (Phi) is 8.37. The van der Waals surface area contributed by atoms with E-state index in [0.29, 0.717) is 29.7 Å². The molecule has 12 nitrogen and oxygen atoms in total. The van der Waals surface area contributed by atoms with Crippen molar-refractivity contribution in [2.45, 2.75) is 12.5 Å². The number of nitrogens with one attached hydrogen (secondary N) is 2. The van der Waals surface area contributed by atoms with E-state index in [-0.39, 0.29) is 37.5 Å². The van der Waals surface area contributed by atoms with Gasteiger partial charge in [0.25, 0.3) is 5.91 Å². The second kappa shape index (κ2) is 11.6. The number of primary amides is 2. The molecule has 0 bridgehead atoms. The van der Waals surface area contributed by atoms with Gasteiger partial charge in [-0.1, -0.05) is 0 Å². The lowest BCUT2D eigenvalue weighted by atomic mass is 10.2. The summed E-state index contributed by atoms with van der Waals surface area (Å²) < 4.78 is 11.1. The van der Waals surface area contributed by atoms with Crippen LogP contribution in [0.3, 0.4) is 0 Å². The Hall–Kier alpha value is -4.16. The number of carbonyl (C=O) groups excluding carboxylic acids is 2. The first-order valence-corrected chi connectivity index (χ1v) is 10.4. The van der Waals surface area contributed by atoms with E-state index in [4.69, 9.17) is 20.9 Å². The van der Waals surface area contributed by atoms with Crippen LogP contribution < -0.4 is 26.3 Å². The third kappa shape index (κ3) is 7.18. The Morgan fingerprint density at radius 3 is 2.53 bits per heavy atom. The summed E-state index contributed by atoms with van der Waals surface area (Å²) in [6.07, 6.45) is -0.765. The Bertz CT molecular complexity index is 1120. The van der Waals surface area contributed by atoms with Gasteiger partial charge >= 0.3 is 0 Å². The topological polar surface area (TPSA) is 199 Å². The molecule has 34 heavy (non-hydrogen) atoms.